The summed E-state index contributed by atoms with van der Waals surface area (Å²) in [4.78, 5) is 32.3. The van der Waals surface area contributed by atoms with Crippen molar-refractivity contribution >= 4 is 23.3 Å². The van der Waals surface area contributed by atoms with E-state index in [1.165, 1.54) is 30.5 Å². The molecule has 2 amide bonds. The Labute approximate surface area is 228 Å². The summed E-state index contributed by atoms with van der Waals surface area (Å²) in [5, 5.41) is 11.8. The minimum atomic E-state index is -0.778. The normalized spacial score (nSPS) is 19.5. The number of nitrogens with zero attached hydrogens (tertiary/aromatic N) is 4. The SMILES string of the molecule is CN(c1cccc(F)c1)C1(C(=O)NCC2CC2)CCc2ccccc21.N#Cc1ccnc(N2CCCC2=O)c1. The molecule has 1 N–H and O–H groups in total. The highest BCUT2D eigenvalue weighted by Gasteiger charge is 2.49. The lowest BCUT2D eigenvalue weighted by Crippen LogP contribution is -2.54. The average molecular weight is 526 g/mol. The second-order valence-electron chi connectivity index (χ2n) is 10.4. The first-order chi connectivity index (χ1) is 18.9. The van der Waals surface area contributed by atoms with Crippen LogP contribution in [0.15, 0.2) is 66.9 Å². The number of aryl methyl sites for hydroxylation is 1. The lowest BCUT2D eigenvalue weighted by molar-refractivity contribution is -0.126. The maximum absolute atomic E-state index is 13.8. The van der Waals surface area contributed by atoms with Gasteiger partial charge in [0.15, 0.2) is 0 Å². The van der Waals surface area contributed by atoms with E-state index in [1.807, 2.05) is 42.3 Å². The first kappa shape index (κ1) is 26.4. The van der Waals surface area contributed by atoms with Gasteiger partial charge < -0.3 is 10.2 Å². The van der Waals surface area contributed by atoms with Crippen molar-refractivity contribution in [1.82, 2.24) is 10.3 Å². The topological polar surface area (TPSA) is 89.3 Å². The van der Waals surface area contributed by atoms with Gasteiger partial charge >= 0.3 is 0 Å². The third-order valence-electron chi connectivity index (χ3n) is 7.84. The van der Waals surface area contributed by atoms with Gasteiger partial charge in [0.1, 0.15) is 17.2 Å². The van der Waals surface area contributed by atoms with Crippen molar-refractivity contribution in [2.24, 2.45) is 5.92 Å². The Kier molecular flexibility index (Phi) is 7.60. The summed E-state index contributed by atoms with van der Waals surface area (Å²) >= 11 is 0. The molecule has 0 radical (unpaired) electrons. The van der Waals surface area contributed by atoms with Gasteiger partial charge in [-0.25, -0.2) is 9.37 Å². The quantitative estimate of drug-likeness (QED) is 0.504. The molecular formula is C31H32FN5O2. The van der Waals surface area contributed by atoms with Crippen LogP contribution in [0.2, 0.25) is 0 Å². The number of likely N-dealkylation sites (N-methyl/N-ethyl adjacent to an activating group) is 1. The van der Waals surface area contributed by atoms with Crippen LogP contribution in [0.3, 0.4) is 0 Å². The molecule has 39 heavy (non-hydrogen) atoms. The molecule has 1 aromatic heterocycles. The highest BCUT2D eigenvalue weighted by molar-refractivity contribution is 5.94. The van der Waals surface area contributed by atoms with Crippen LogP contribution in [0.4, 0.5) is 15.9 Å². The molecule has 3 aromatic rings. The van der Waals surface area contributed by atoms with Crippen LogP contribution in [0.25, 0.3) is 0 Å². The van der Waals surface area contributed by atoms with E-state index in [0.29, 0.717) is 36.7 Å². The largest absolute Gasteiger partial charge is 0.356 e. The van der Waals surface area contributed by atoms with Gasteiger partial charge in [-0.05, 0) is 79.5 Å². The third-order valence-corrected chi connectivity index (χ3v) is 7.84. The summed E-state index contributed by atoms with van der Waals surface area (Å²) in [7, 11) is 1.90. The van der Waals surface area contributed by atoms with Crippen molar-refractivity contribution in [2.75, 3.05) is 29.9 Å². The average Bonchev–Trinajstić information content (AvgIpc) is 3.57. The Morgan fingerprint density at radius 1 is 1.18 bits per heavy atom. The maximum atomic E-state index is 13.8. The number of nitriles is 1. The number of hydrogen-bond acceptors (Lipinski definition) is 5. The van der Waals surface area contributed by atoms with Crippen LogP contribution >= 0.6 is 0 Å². The fourth-order valence-electron chi connectivity index (χ4n) is 5.46. The van der Waals surface area contributed by atoms with Crippen LogP contribution in [0.5, 0.6) is 0 Å². The molecular weight excluding hydrogens is 493 g/mol. The van der Waals surface area contributed by atoms with Crippen molar-refractivity contribution in [3.8, 4) is 6.07 Å². The molecule has 3 aliphatic rings. The Morgan fingerprint density at radius 3 is 2.72 bits per heavy atom. The van der Waals surface area contributed by atoms with Crippen LogP contribution in [-0.4, -0.2) is 36.9 Å². The monoisotopic (exact) mass is 525 g/mol. The summed E-state index contributed by atoms with van der Waals surface area (Å²) in [6.07, 6.45) is 6.96. The second kappa shape index (κ2) is 11.2. The number of benzene rings is 2. The Balaban J connectivity index is 0.000000186. The number of halogens is 1. The Morgan fingerprint density at radius 2 is 2.00 bits per heavy atom. The predicted octanol–water partition coefficient (Wildman–Crippen LogP) is 4.71. The van der Waals surface area contributed by atoms with Crippen LogP contribution < -0.4 is 15.1 Å². The molecule has 2 aromatic carbocycles. The molecule has 2 heterocycles. The molecule has 1 atom stereocenters. The predicted molar refractivity (Wildman–Crippen MR) is 148 cm³/mol. The van der Waals surface area contributed by atoms with E-state index < -0.39 is 5.54 Å². The highest BCUT2D eigenvalue weighted by atomic mass is 19.1. The first-order valence-corrected chi connectivity index (χ1v) is 13.4. The number of anilines is 2. The van der Waals surface area contributed by atoms with Crippen molar-refractivity contribution in [1.29, 1.82) is 5.26 Å². The number of aromatic nitrogens is 1. The minimum absolute atomic E-state index is 0.0242. The summed E-state index contributed by atoms with van der Waals surface area (Å²) < 4.78 is 13.8. The van der Waals surface area contributed by atoms with E-state index in [2.05, 4.69) is 16.4 Å². The molecule has 1 unspecified atom stereocenters. The van der Waals surface area contributed by atoms with Gasteiger partial charge in [0.05, 0.1) is 11.6 Å². The first-order valence-electron chi connectivity index (χ1n) is 13.4. The Hall–Kier alpha value is -4.25. The minimum Gasteiger partial charge on any atom is -0.356 e. The van der Waals surface area contributed by atoms with Crippen LogP contribution in [0.1, 0.15) is 48.8 Å². The molecule has 1 saturated heterocycles. The third kappa shape index (κ3) is 5.49. The molecule has 0 bridgehead atoms. The number of amides is 2. The maximum Gasteiger partial charge on any atom is 0.250 e. The molecule has 1 saturated carbocycles. The number of hydrogen-bond donors (Lipinski definition) is 1. The van der Waals surface area contributed by atoms with Gasteiger partial charge in [-0.2, -0.15) is 5.26 Å². The zero-order chi connectivity index (χ0) is 27.4. The fourth-order valence-corrected chi connectivity index (χ4v) is 5.46. The van der Waals surface area contributed by atoms with Gasteiger partial charge in [-0.3, -0.25) is 14.5 Å². The van der Waals surface area contributed by atoms with Crippen molar-refractivity contribution in [3.05, 3.63) is 89.4 Å². The van der Waals surface area contributed by atoms with Crippen molar-refractivity contribution < 1.29 is 14.0 Å². The number of fused-ring (bicyclic) bond motifs is 1. The standard InChI is InChI=1S/C21H23FN2O.C10H9N3O/c1-24(18-7-4-6-17(22)13-18)21(20(25)23-14-15-9-10-15)12-11-16-5-2-3-8-19(16)21;11-7-8-3-4-12-9(6-8)13-5-1-2-10(13)14/h2-8,13,15H,9-12,14H2,1H3,(H,23,25);3-4,6H,1-2,5H2. The molecule has 2 fully saturated rings. The van der Waals surface area contributed by atoms with E-state index in [-0.39, 0.29) is 17.6 Å². The van der Waals surface area contributed by atoms with E-state index in [1.54, 1.807) is 29.3 Å². The van der Waals surface area contributed by atoms with Crippen LogP contribution in [0, 0.1) is 23.1 Å². The van der Waals surface area contributed by atoms with Gasteiger partial charge in [0.25, 0.3) is 5.91 Å². The number of pyridine rings is 1. The molecule has 8 heteroatoms. The van der Waals surface area contributed by atoms with E-state index in [4.69, 9.17) is 5.26 Å². The van der Waals surface area contributed by atoms with E-state index >= 15 is 0 Å². The van der Waals surface area contributed by atoms with Gasteiger partial charge in [0.2, 0.25) is 5.91 Å². The molecule has 6 rings (SSSR count). The van der Waals surface area contributed by atoms with Gasteiger partial charge in [0, 0.05) is 38.4 Å². The molecule has 7 nitrogen and oxygen atoms in total. The molecule has 200 valence electrons. The van der Waals surface area contributed by atoms with Crippen molar-refractivity contribution in [3.63, 3.8) is 0 Å². The summed E-state index contributed by atoms with van der Waals surface area (Å²) in [5.41, 5.74) is 2.72. The number of carbonyl (C=O) groups excluding carboxylic acids is 2. The van der Waals surface area contributed by atoms with E-state index in [0.717, 1.165) is 30.6 Å². The number of carbonyl (C=O) groups is 2. The molecule has 2 aliphatic carbocycles. The lowest BCUT2D eigenvalue weighted by atomic mass is 9.88. The lowest BCUT2D eigenvalue weighted by Gasteiger charge is -2.40. The van der Waals surface area contributed by atoms with Crippen LogP contribution in [-0.2, 0) is 21.5 Å². The number of nitrogens with one attached hydrogen (secondary N) is 1. The summed E-state index contributed by atoms with van der Waals surface area (Å²) in [5.74, 6) is 1.04. The summed E-state index contributed by atoms with van der Waals surface area (Å²) in [6.45, 7) is 1.44. The second-order valence-corrected chi connectivity index (χ2v) is 10.4. The van der Waals surface area contributed by atoms with E-state index in [9.17, 15) is 14.0 Å². The Bertz CT molecular complexity index is 1420. The zero-order valence-corrected chi connectivity index (χ0v) is 22.1. The zero-order valence-electron chi connectivity index (χ0n) is 22.1. The van der Waals surface area contributed by atoms with Gasteiger partial charge in [-0.15, -0.1) is 0 Å². The molecule has 1 aliphatic heterocycles. The fraction of sp³-hybridized carbons (Fsp3) is 0.355. The smallest absolute Gasteiger partial charge is 0.250 e. The molecule has 0 spiro atoms. The van der Waals surface area contributed by atoms with Crippen molar-refractivity contribution in [2.45, 2.75) is 44.1 Å². The van der Waals surface area contributed by atoms with Gasteiger partial charge in [-0.1, -0.05) is 30.3 Å². The summed E-state index contributed by atoms with van der Waals surface area (Å²) in [6, 6.07) is 19.9. The number of rotatable bonds is 6. The highest BCUT2D eigenvalue weighted by Crippen LogP contribution is 2.43.